The maximum absolute atomic E-state index is 13.7. The molecule has 0 saturated carbocycles. The highest BCUT2D eigenvalue weighted by molar-refractivity contribution is 5.78. The number of hydrogen-bond acceptors (Lipinski definition) is 3. The Morgan fingerprint density at radius 3 is 2.90 bits per heavy atom. The van der Waals surface area contributed by atoms with Crippen molar-refractivity contribution in [2.75, 3.05) is 33.7 Å². The number of likely N-dealkylation sites (tertiary alicyclic amines) is 1. The van der Waals surface area contributed by atoms with Crippen LogP contribution in [-0.4, -0.2) is 55.5 Å². The van der Waals surface area contributed by atoms with Gasteiger partial charge in [-0.05, 0) is 39.5 Å². The lowest BCUT2D eigenvalue weighted by Gasteiger charge is -2.33. The number of nitrogens with one attached hydrogen (secondary N) is 1. The van der Waals surface area contributed by atoms with E-state index in [0.29, 0.717) is 13.1 Å². The first-order valence-corrected chi connectivity index (χ1v) is 7.44. The summed E-state index contributed by atoms with van der Waals surface area (Å²) >= 11 is 0. The van der Waals surface area contributed by atoms with Crippen molar-refractivity contribution in [3.05, 3.63) is 35.6 Å². The van der Waals surface area contributed by atoms with Crippen molar-refractivity contribution in [1.82, 2.24) is 15.1 Å². The Hall–Kier alpha value is -1.46. The molecule has 1 atom stereocenters. The van der Waals surface area contributed by atoms with Gasteiger partial charge in [-0.2, -0.15) is 0 Å². The second-order valence-corrected chi connectivity index (χ2v) is 5.97. The van der Waals surface area contributed by atoms with Crippen LogP contribution in [0.1, 0.15) is 18.4 Å². The predicted molar refractivity (Wildman–Crippen MR) is 81.4 cm³/mol. The number of benzene rings is 1. The van der Waals surface area contributed by atoms with Crippen LogP contribution in [0.25, 0.3) is 0 Å². The van der Waals surface area contributed by atoms with Gasteiger partial charge in [0.15, 0.2) is 0 Å². The highest BCUT2D eigenvalue weighted by Crippen LogP contribution is 2.15. The first kappa shape index (κ1) is 15.9. The van der Waals surface area contributed by atoms with E-state index >= 15 is 0 Å². The topological polar surface area (TPSA) is 35.6 Å². The summed E-state index contributed by atoms with van der Waals surface area (Å²) in [6.45, 7) is 2.75. The first-order chi connectivity index (χ1) is 10.0. The summed E-state index contributed by atoms with van der Waals surface area (Å²) in [6, 6.07) is 7.05. The molecule has 1 aliphatic heterocycles. The van der Waals surface area contributed by atoms with Gasteiger partial charge in [0.25, 0.3) is 0 Å². The van der Waals surface area contributed by atoms with Gasteiger partial charge in [0.05, 0.1) is 6.54 Å². The maximum Gasteiger partial charge on any atom is 0.234 e. The van der Waals surface area contributed by atoms with Crippen molar-refractivity contribution in [3.63, 3.8) is 0 Å². The molecule has 0 bridgehead atoms. The van der Waals surface area contributed by atoms with E-state index < -0.39 is 0 Å². The van der Waals surface area contributed by atoms with Gasteiger partial charge in [-0.1, -0.05) is 18.2 Å². The van der Waals surface area contributed by atoms with Crippen LogP contribution in [0.5, 0.6) is 0 Å². The third-order valence-corrected chi connectivity index (χ3v) is 3.68. The van der Waals surface area contributed by atoms with Crippen LogP contribution in [-0.2, 0) is 11.3 Å². The molecule has 1 aliphatic rings. The quantitative estimate of drug-likeness (QED) is 0.893. The van der Waals surface area contributed by atoms with Crippen molar-refractivity contribution in [2.45, 2.75) is 25.4 Å². The SMILES string of the molecule is CN(C)CC(=O)N[C@H]1CCCN(Cc2ccccc2F)C1. The Kier molecular flexibility index (Phi) is 5.70. The highest BCUT2D eigenvalue weighted by atomic mass is 19.1. The Balaban J connectivity index is 1.86. The molecule has 0 unspecified atom stereocenters. The molecule has 1 saturated heterocycles. The van der Waals surface area contributed by atoms with Gasteiger partial charge in [0.1, 0.15) is 5.82 Å². The molecule has 1 amide bonds. The average molecular weight is 293 g/mol. The van der Waals surface area contributed by atoms with Gasteiger partial charge in [0, 0.05) is 24.7 Å². The fourth-order valence-electron chi connectivity index (χ4n) is 2.75. The molecule has 1 N–H and O–H groups in total. The number of carbonyl (C=O) groups is 1. The number of piperidine rings is 1. The molecule has 0 spiro atoms. The summed E-state index contributed by atoms with van der Waals surface area (Å²) in [5.41, 5.74) is 0.720. The molecule has 1 aromatic rings. The van der Waals surface area contributed by atoms with Crippen LogP contribution >= 0.6 is 0 Å². The number of halogens is 1. The van der Waals surface area contributed by atoms with E-state index in [0.717, 1.165) is 31.5 Å². The van der Waals surface area contributed by atoms with Crippen molar-refractivity contribution >= 4 is 5.91 Å². The lowest BCUT2D eigenvalue weighted by molar-refractivity contribution is -0.122. The summed E-state index contributed by atoms with van der Waals surface area (Å²) in [7, 11) is 3.76. The molecule has 116 valence electrons. The molecule has 1 fully saturated rings. The fraction of sp³-hybridized carbons (Fsp3) is 0.562. The van der Waals surface area contributed by atoms with Gasteiger partial charge in [-0.15, -0.1) is 0 Å². The van der Waals surface area contributed by atoms with Gasteiger partial charge >= 0.3 is 0 Å². The van der Waals surface area contributed by atoms with Crippen LogP contribution < -0.4 is 5.32 Å². The normalized spacial score (nSPS) is 19.7. The zero-order chi connectivity index (χ0) is 15.2. The molecule has 0 aromatic heterocycles. The number of likely N-dealkylation sites (N-methyl/N-ethyl adjacent to an activating group) is 1. The number of hydrogen-bond donors (Lipinski definition) is 1. The minimum absolute atomic E-state index is 0.0535. The number of amides is 1. The Morgan fingerprint density at radius 2 is 2.19 bits per heavy atom. The second kappa shape index (κ2) is 7.52. The van der Waals surface area contributed by atoms with E-state index in [1.54, 1.807) is 6.07 Å². The van der Waals surface area contributed by atoms with Gasteiger partial charge in [0.2, 0.25) is 5.91 Å². The van der Waals surface area contributed by atoms with E-state index in [-0.39, 0.29) is 17.8 Å². The van der Waals surface area contributed by atoms with Crippen LogP contribution in [0.3, 0.4) is 0 Å². The summed E-state index contributed by atoms with van der Waals surface area (Å²) < 4.78 is 13.7. The van der Waals surface area contributed by atoms with Crippen LogP contribution in [0.4, 0.5) is 4.39 Å². The van der Waals surface area contributed by atoms with Crippen molar-refractivity contribution < 1.29 is 9.18 Å². The Labute approximate surface area is 125 Å². The Bertz CT molecular complexity index is 478. The third kappa shape index (κ3) is 5.10. The molecule has 21 heavy (non-hydrogen) atoms. The van der Waals surface area contributed by atoms with Gasteiger partial charge < -0.3 is 10.2 Å². The lowest BCUT2D eigenvalue weighted by Crippen LogP contribution is -2.49. The maximum atomic E-state index is 13.7. The predicted octanol–water partition coefficient (Wildman–Crippen LogP) is 1.47. The van der Waals surface area contributed by atoms with Crippen molar-refractivity contribution in [1.29, 1.82) is 0 Å². The largest absolute Gasteiger partial charge is 0.351 e. The number of nitrogens with zero attached hydrogens (tertiary/aromatic N) is 2. The van der Waals surface area contributed by atoms with Crippen LogP contribution in [0.2, 0.25) is 0 Å². The molecule has 1 aromatic carbocycles. The Morgan fingerprint density at radius 1 is 1.43 bits per heavy atom. The van der Waals surface area contributed by atoms with E-state index in [4.69, 9.17) is 0 Å². The molecule has 5 heteroatoms. The van der Waals surface area contributed by atoms with Gasteiger partial charge in [-0.3, -0.25) is 9.69 Å². The molecular formula is C16H24FN3O. The third-order valence-electron chi connectivity index (χ3n) is 3.68. The summed E-state index contributed by atoms with van der Waals surface area (Å²) in [6.07, 6.45) is 2.02. The second-order valence-electron chi connectivity index (χ2n) is 5.97. The lowest BCUT2D eigenvalue weighted by atomic mass is 10.0. The minimum Gasteiger partial charge on any atom is -0.351 e. The highest BCUT2D eigenvalue weighted by Gasteiger charge is 2.22. The number of carbonyl (C=O) groups excluding carboxylic acids is 1. The minimum atomic E-state index is -0.156. The molecule has 4 nitrogen and oxygen atoms in total. The zero-order valence-electron chi connectivity index (χ0n) is 12.8. The summed E-state index contributed by atoms with van der Waals surface area (Å²) in [5, 5.41) is 3.06. The molecule has 1 heterocycles. The van der Waals surface area contributed by atoms with Crippen molar-refractivity contribution in [3.8, 4) is 0 Å². The standard InChI is InChI=1S/C16H24FN3O/c1-19(2)12-16(21)18-14-7-5-9-20(11-14)10-13-6-3-4-8-15(13)17/h3-4,6,8,14H,5,7,9-12H2,1-2H3,(H,18,21)/t14-/m0/s1. The first-order valence-electron chi connectivity index (χ1n) is 7.44. The van der Waals surface area contributed by atoms with E-state index in [9.17, 15) is 9.18 Å². The van der Waals surface area contributed by atoms with Crippen molar-refractivity contribution in [2.24, 2.45) is 0 Å². The zero-order valence-corrected chi connectivity index (χ0v) is 12.8. The average Bonchev–Trinajstić information content (AvgIpc) is 2.41. The monoisotopic (exact) mass is 293 g/mol. The molecule has 0 radical (unpaired) electrons. The van der Waals surface area contributed by atoms with Gasteiger partial charge in [-0.25, -0.2) is 4.39 Å². The molecule has 2 rings (SSSR count). The fourth-order valence-corrected chi connectivity index (χ4v) is 2.75. The smallest absolute Gasteiger partial charge is 0.234 e. The van der Waals surface area contributed by atoms with E-state index in [2.05, 4.69) is 10.2 Å². The molecule has 0 aliphatic carbocycles. The number of rotatable bonds is 5. The van der Waals surface area contributed by atoms with Crippen LogP contribution in [0.15, 0.2) is 24.3 Å². The summed E-state index contributed by atoms with van der Waals surface area (Å²) in [5.74, 6) is -0.103. The van der Waals surface area contributed by atoms with E-state index in [1.807, 2.05) is 31.1 Å². The van der Waals surface area contributed by atoms with E-state index in [1.165, 1.54) is 6.07 Å². The van der Waals surface area contributed by atoms with Crippen LogP contribution in [0, 0.1) is 5.82 Å². The molecular weight excluding hydrogens is 269 g/mol. The summed E-state index contributed by atoms with van der Waals surface area (Å²) in [4.78, 5) is 15.9.